The van der Waals surface area contributed by atoms with Gasteiger partial charge in [-0.3, -0.25) is 9.67 Å². The van der Waals surface area contributed by atoms with Gasteiger partial charge in [0.05, 0.1) is 6.20 Å². The third-order valence-corrected chi connectivity index (χ3v) is 3.05. The summed E-state index contributed by atoms with van der Waals surface area (Å²) < 4.78 is 1.69. The Hall–Kier alpha value is -2.20. The molecule has 0 saturated carbocycles. The normalized spacial score (nSPS) is 12.8. The number of aryl methyl sites for hydroxylation is 1. The van der Waals surface area contributed by atoms with E-state index in [0.29, 0.717) is 0 Å². The molecular formula is C14H13N3O. The zero-order valence-corrected chi connectivity index (χ0v) is 9.99. The Kier molecular flexibility index (Phi) is 2.57. The van der Waals surface area contributed by atoms with Crippen molar-refractivity contribution in [3.63, 3.8) is 0 Å². The van der Waals surface area contributed by atoms with E-state index in [-0.39, 0.29) is 0 Å². The molecule has 0 fully saturated rings. The maximum atomic E-state index is 10.4. The first-order chi connectivity index (χ1) is 8.75. The van der Waals surface area contributed by atoms with Crippen LogP contribution in [0.15, 0.2) is 49.1 Å². The van der Waals surface area contributed by atoms with Crippen molar-refractivity contribution in [2.45, 2.75) is 6.10 Å². The summed E-state index contributed by atoms with van der Waals surface area (Å²) >= 11 is 0. The van der Waals surface area contributed by atoms with Gasteiger partial charge in [-0.25, -0.2) is 0 Å². The van der Waals surface area contributed by atoms with Gasteiger partial charge in [0, 0.05) is 36.6 Å². The predicted molar refractivity (Wildman–Crippen MR) is 69.0 cm³/mol. The fourth-order valence-electron chi connectivity index (χ4n) is 2.15. The van der Waals surface area contributed by atoms with Crippen molar-refractivity contribution in [3.05, 3.63) is 60.2 Å². The van der Waals surface area contributed by atoms with Crippen molar-refractivity contribution in [3.8, 4) is 0 Å². The van der Waals surface area contributed by atoms with Gasteiger partial charge in [-0.2, -0.15) is 5.10 Å². The molecule has 1 N–H and O–H groups in total. The smallest absolute Gasteiger partial charge is 0.108 e. The second kappa shape index (κ2) is 4.23. The maximum Gasteiger partial charge on any atom is 0.108 e. The Balaban J connectivity index is 2.14. The minimum atomic E-state index is -0.662. The van der Waals surface area contributed by atoms with Gasteiger partial charge < -0.3 is 5.11 Å². The van der Waals surface area contributed by atoms with Gasteiger partial charge in [0.15, 0.2) is 0 Å². The third-order valence-electron chi connectivity index (χ3n) is 3.05. The number of fused-ring (bicyclic) bond motifs is 1. The standard InChI is InChI=1S/C14H13N3O/c1-17-9-11(8-16-17)14(18)13-4-2-3-10-7-15-6-5-12(10)13/h2-9,14,18H,1H3. The molecule has 0 bridgehead atoms. The van der Waals surface area contributed by atoms with Crippen LogP contribution >= 0.6 is 0 Å². The highest BCUT2D eigenvalue weighted by molar-refractivity contribution is 5.85. The van der Waals surface area contributed by atoms with E-state index in [4.69, 9.17) is 0 Å². The van der Waals surface area contributed by atoms with E-state index in [1.807, 2.05) is 37.5 Å². The summed E-state index contributed by atoms with van der Waals surface area (Å²) in [5.41, 5.74) is 1.67. The van der Waals surface area contributed by atoms with Crippen LogP contribution in [0.25, 0.3) is 10.8 Å². The van der Waals surface area contributed by atoms with Gasteiger partial charge in [-0.1, -0.05) is 18.2 Å². The molecule has 18 heavy (non-hydrogen) atoms. The molecule has 3 aromatic rings. The molecule has 4 heteroatoms. The molecule has 90 valence electrons. The molecule has 1 unspecified atom stereocenters. The summed E-state index contributed by atoms with van der Waals surface area (Å²) in [5, 5.41) is 16.6. The number of aromatic nitrogens is 3. The minimum absolute atomic E-state index is 0.662. The van der Waals surface area contributed by atoms with E-state index >= 15 is 0 Å². The van der Waals surface area contributed by atoms with Gasteiger partial charge in [0.1, 0.15) is 6.10 Å². The van der Waals surface area contributed by atoms with Crippen molar-refractivity contribution in [2.24, 2.45) is 7.05 Å². The minimum Gasteiger partial charge on any atom is -0.384 e. The van der Waals surface area contributed by atoms with Crippen LogP contribution in [0.5, 0.6) is 0 Å². The number of hydrogen-bond donors (Lipinski definition) is 1. The van der Waals surface area contributed by atoms with Gasteiger partial charge in [0.25, 0.3) is 0 Å². The molecule has 0 aliphatic rings. The number of nitrogens with zero attached hydrogens (tertiary/aromatic N) is 3. The SMILES string of the molecule is Cn1cc(C(O)c2cccc3cnccc23)cn1. The van der Waals surface area contributed by atoms with Gasteiger partial charge in [-0.05, 0) is 17.0 Å². The first-order valence-corrected chi connectivity index (χ1v) is 5.75. The Morgan fingerprint density at radius 3 is 2.89 bits per heavy atom. The van der Waals surface area contributed by atoms with E-state index in [1.54, 1.807) is 23.3 Å². The highest BCUT2D eigenvalue weighted by Gasteiger charge is 2.14. The lowest BCUT2D eigenvalue weighted by atomic mass is 9.99. The quantitative estimate of drug-likeness (QED) is 0.744. The summed E-state index contributed by atoms with van der Waals surface area (Å²) in [4.78, 5) is 4.09. The summed E-state index contributed by atoms with van der Waals surface area (Å²) in [6.07, 6.45) is 6.39. The number of aliphatic hydroxyl groups is 1. The zero-order valence-electron chi connectivity index (χ0n) is 9.99. The van der Waals surface area contributed by atoms with E-state index in [0.717, 1.165) is 21.9 Å². The summed E-state index contributed by atoms with van der Waals surface area (Å²) in [6, 6.07) is 7.77. The lowest BCUT2D eigenvalue weighted by Crippen LogP contribution is -1.99. The number of benzene rings is 1. The Morgan fingerprint density at radius 1 is 1.22 bits per heavy atom. The van der Waals surface area contributed by atoms with E-state index < -0.39 is 6.10 Å². The molecule has 2 aromatic heterocycles. The average Bonchev–Trinajstić information content (AvgIpc) is 2.84. The predicted octanol–water partition coefficient (Wildman–Crippen LogP) is 2.05. The lowest BCUT2D eigenvalue weighted by Gasteiger charge is -2.11. The molecule has 1 aromatic carbocycles. The van der Waals surface area contributed by atoms with Gasteiger partial charge in [-0.15, -0.1) is 0 Å². The monoisotopic (exact) mass is 239 g/mol. The molecular weight excluding hydrogens is 226 g/mol. The highest BCUT2D eigenvalue weighted by atomic mass is 16.3. The number of hydrogen-bond acceptors (Lipinski definition) is 3. The van der Waals surface area contributed by atoms with Gasteiger partial charge in [0.2, 0.25) is 0 Å². The molecule has 0 aliphatic heterocycles. The van der Waals surface area contributed by atoms with Crippen molar-refractivity contribution in [2.75, 3.05) is 0 Å². The second-order valence-corrected chi connectivity index (χ2v) is 4.29. The van der Waals surface area contributed by atoms with Gasteiger partial charge >= 0.3 is 0 Å². The maximum absolute atomic E-state index is 10.4. The molecule has 0 radical (unpaired) electrons. The largest absolute Gasteiger partial charge is 0.384 e. The summed E-state index contributed by atoms with van der Waals surface area (Å²) in [7, 11) is 1.84. The van der Waals surface area contributed by atoms with Crippen molar-refractivity contribution < 1.29 is 5.11 Å². The third kappa shape index (κ3) is 1.76. The van der Waals surface area contributed by atoms with Crippen LogP contribution in [0, 0.1) is 0 Å². The molecule has 0 amide bonds. The topological polar surface area (TPSA) is 50.9 Å². The van der Waals surface area contributed by atoms with Crippen LogP contribution in [0.4, 0.5) is 0 Å². The fraction of sp³-hybridized carbons (Fsp3) is 0.143. The zero-order chi connectivity index (χ0) is 12.5. The van der Waals surface area contributed by atoms with E-state index in [2.05, 4.69) is 10.1 Å². The van der Waals surface area contributed by atoms with E-state index in [1.165, 1.54) is 0 Å². The molecule has 0 spiro atoms. The number of rotatable bonds is 2. The molecule has 1 atom stereocenters. The highest BCUT2D eigenvalue weighted by Crippen LogP contribution is 2.27. The van der Waals surface area contributed by atoms with Crippen molar-refractivity contribution in [1.29, 1.82) is 0 Å². The average molecular weight is 239 g/mol. The second-order valence-electron chi connectivity index (χ2n) is 4.29. The number of aliphatic hydroxyl groups excluding tert-OH is 1. The first kappa shape index (κ1) is 10.9. The fourth-order valence-corrected chi connectivity index (χ4v) is 2.15. The van der Waals surface area contributed by atoms with Crippen molar-refractivity contribution in [1.82, 2.24) is 14.8 Å². The number of pyridine rings is 1. The molecule has 0 saturated heterocycles. The Morgan fingerprint density at radius 2 is 2.11 bits per heavy atom. The Labute approximate surface area is 105 Å². The van der Waals surface area contributed by atoms with Crippen LogP contribution in [-0.2, 0) is 7.05 Å². The Bertz CT molecular complexity index is 685. The van der Waals surface area contributed by atoms with Crippen LogP contribution in [-0.4, -0.2) is 19.9 Å². The lowest BCUT2D eigenvalue weighted by molar-refractivity contribution is 0.222. The van der Waals surface area contributed by atoms with Crippen LogP contribution in [0.2, 0.25) is 0 Å². The van der Waals surface area contributed by atoms with Crippen LogP contribution in [0.1, 0.15) is 17.2 Å². The molecule has 3 rings (SSSR count). The first-order valence-electron chi connectivity index (χ1n) is 5.75. The molecule has 0 aliphatic carbocycles. The molecule has 4 nitrogen and oxygen atoms in total. The summed E-state index contributed by atoms with van der Waals surface area (Å²) in [5.74, 6) is 0. The van der Waals surface area contributed by atoms with Crippen LogP contribution in [0.3, 0.4) is 0 Å². The summed E-state index contributed by atoms with van der Waals surface area (Å²) in [6.45, 7) is 0. The van der Waals surface area contributed by atoms with Crippen LogP contribution < -0.4 is 0 Å². The molecule has 2 heterocycles. The van der Waals surface area contributed by atoms with E-state index in [9.17, 15) is 5.11 Å². The van der Waals surface area contributed by atoms with Crippen molar-refractivity contribution >= 4 is 10.8 Å².